The molecule has 4 atom stereocenters. The van der Waals surface area contributed by atoms with Crippen molar-refractivity contribution in [3.05, 3.63) is 60.6 Å². The van der Waals surface area contributed by atoms with E-state index in [0.29, 0.717) is 48.5 Å². The highest BCUT2D eigenvalue weighted by Crippen LogP contribution is 2.42. The molecule has 0 spiro atoms. The lowest BCUT2D eigenvalue weighted by atomic mass is 9.95. The van der Waals surface area contributed by atoms with Crippen molar-refractivity contribution in [2.45, 2.75) is 55.9 Å². The maximum Gasteiger partial charge on any atom is 0.216 e. The van der Waals surface area contributed by atoms with Gasteiger partial charge in [0.05, 0.1) is 11.2 Å². The Bertz CT molecular complexity index is 1750. The SMILES string of the molecule is C=Cc1cccc2cc(O)cc(-c3ncc4c(N5CC6CCC(C5)N6)cc(OCC56CCCN5C[C@@H](F)C6)nc4c3F)c12. The summed E-state index contributed by atoms with van der Waals surface area (Å²) in [7, 11) is 0. The second-order valence-corrected chi connectivity index (χ2v) is 12.7. The third-order valence-electron chi connectivity index (χ3n) is 10.0. The van der Waals surface area contributed by atoms with Gasteiger partial charge in [-0.3, -0.25) is 9.88 Å². The van der Waals surface area contributed by atoms with E-state index in [1.165, 1.54) is 0 Å². The van der Waals surface area contributed by atoms with Crippen molar-refractivity contribution in [1.82, 2.24) is 20.2 Å². The lowest BCUT2D eigenvalue weighted by Crippen LogP contribution is -2.51. The Morgan fingerprint density at radius 1 is 1.16 bits per heavy atom. The Morgan fingerprint density at radius 3 is 2.81 bits per heavy atom. The lowest BCUT2D eigenvalue weighted by Gasteiger charge is -2.35. The van der Waals surface area contributed by atoms with Gasteiger partial charge in [0, 0.05) is 61.4 Å². The molecule has 9 heteroatoms. The number of phenols is 1. The van der Waals surface area contributed by atoms with Gasteiger partial charge < -0.3 is 20.1 Å². The normalized spacial score (nSPS) is 26.8. The Balaban J connectivity index is 1.27. The molecule has 7 nitrogen and oxygen atoms in total. The average molecular weight is 584 g/mol. The van der Waals surface area contributed by atoms with E-state index in [1.807, 2.05) is 24.3 Å². The van der Waals surface area contributed by atoms with Gasteiger partial charge in [0.1, 0.15) is 29.7 Å². The van der Waals surface area contributed by atoms with Crippen LogP contribution in [0, 0.1) is 5.82 Å². The first-order valence-electron chi connectivity index (χ1n) is 15.3. The summed E-state index contributed by atoms with van der Waals surface area (Å²) in [6.45, 7) is 7.18. The van der Waals surface area contributed by atoms with Gasteiger partial charge in [-0.1, -0.05) is 30.9 Å². The number of hydrogen-bond donors (Lipinski definition) is 2. The number of halogens is 2. The highest BCUT2D eigenvalue weighted by atomic mass is 19.1. The Kier molecular flexibility index (Phi) is 6.31. The number of nitrogens with zero attached hydrogens (tertiary/aromatic N) is 4. The number of aromatic hydroxyl groups is 1. The molecule has 0 radical (unpaired) electrons. The van der Waals surface area contributed by atoms with E-state index in [4.69, 9.17) is 9.72 Å². The zero-order chi connectivity index (χ0) is 29.3. The van der Waals surface area contributed by atoms with Crippen molar-refractivity contribution < 1.29 is 18.6 Å². The zero-order valence-corrected chi connectivity index (χ0v) is 24.0. The largest absolute Gasteiger partial charge is 0.508 e. The number of benzene rings is 2. The monoisotopic (exact) mass is 583 g/mol. The number of hydrogen-bond acceptors (Lipinski definition) is 7. The third-order valence-corrected chi connectivity index (χ3v) is 10.0. The first kappa shape index (κ1) is 26.8. The van der Waals surface area contributed by atoms with Crippen molar-refractivity contribution in [3.63, 3.8) is 0 Å². The van der Waals surface area contributed by atoms with Crippen molar-refractivity contribution in [3.8, 4) is 22.9 Å². The van der Waals surface area contributed by atoms with Gasteiger partial charge in [0.15, 0.2) is 5.82 Å². The lowest BCUT2D eigenvalue weighted by molar-refractivity contribution is 0.111. The molecule has 0 amide bonds. The van der Waals surface area contributed by atoms with Crippen LogP contribution in [0.15, 0.2) is 49.2 Å². The van der Waals surface area contributed by atoms with Crippen LogP contribution in [-0.4, -0.2) is 76.6 Å². The fraction of sp³-hybridized carbons (Fsp3) is 0.412. The van der Waals surface area contributed by atoms with Gasteiger partial charge in [-0.25, -0.2) is 13.8 Å². The number of piperazine rings is 1. The molecule has 0 aliphatic carbocycles. The number of ether oxygens (including phenoxy) is 1. The van der Waals surface area contributed by atoms with Crippen LogP contribution in [0.3, 0.4) is 0 Å². The molecule has 222 valence electrons. The molecule has 43 heavy (non-hydrogen) atoms. The summed E-state index contributed by atoms with van der Waals surface area (Å²) in [5.41, 5.74) is 2.08. The number of phenolic OH excluding ortho intramolecular Hbond substituents is 1. The topological polar surface area (TPSA) is 73.8 Å². The number of nitrogens with one attached hydrogen (secondary N) is 1. The summed E-state index contributed by atoms with van der Waals surface area (Å²) in [6.07, 6.45) is 7.14. The molecule has 4 saturated heterocycles. The first-order valence-corrected chi connectivity index (χ1v) is 15.3. The molecular weight excluding hydrogens is 548 g/mol. The average Bonchev–Trinajstić information content (AvgIpc) is 3.65. The molecule has 2 aromatic carbocycles. The minimum absolute atomic E-state index is 0.0233. The predicted octanol–water partition coefficient (Wildman–Crippen LogP) is 5.83. The highest BCUT2D eigenvalue weighted by molar-refractivity contribution is 6.04. The Morgan fingerprint density at radius 2 is 2.00 bits per heavy atom. The standard InChI is InChI=1S/C34H35F2N5O2/c1-2-20-5-3-6-21-11-25(42)12-26(30(20)21)32-31(36)33-27(15-37-32)28(40-17-23-7-8-24(18-40)38-23)13-29(39-33)43-19-34-9-4-10-41(34)16-22(35)14-34/h2-3,5-6,11-13,15,22-24,38,42H,1,4,7-10,14,16-19H2/t22-,23?,24?,34?/m0/s1. The van der Waals surface area contributed by atoms with E-state index in [2.05, 4.69) is 26.7 Å². The van der Waals surface area contributed by atoms with Crippen molar-refractivity contribution >= 4 is 33.4 Å². The summed E-state index contributed by atoms with van der Waals surface area (Å²) in [4.78, 5) is 13.9. The molecule has 2 bridgehead atoms. The van der Waals surface area contributed by atoms with Gasteiger partial charge in [0.2, 0.25) is 5.88 Å². The minimum Gasteiger partial charge on any atom is -0.508 e. The number of rotatable bonds is 6. The zero-order valence-electron chi connectivity index (χ0n) is 24.0. The van der Waals surface area contributed by atoms with E-state index < -0.39 is 12.0 Å². The number of fused-ring (bicyclic) bond motifs is 5. The minimum atomic E-state index is -0.857. The number of anilines is 1. The van der Waals surface area contributed by atoms with Gasteiger partial charge in [0.25, 0.3) is 0 Å². The molecule has 4 aliphatic heterocycles. The molecule has 8 rings (SSSR count). The van der Waals surface area contributed by atoms with Crippen LogP contribution in [-0.2, 0) is 0 Å². The van der Waals surface area contributed by atoms with Crippen LogP contribution >= 0.6 is 0 Å². The third kappa shape index (κ3) is 4.43. The van der Waals surface area contributed by atoms with E-state index in [1.54, 1.807) is 24.4 Å². The summed E-state index contributed by atoms with van der Waals surface area (Å²) in [5.74, 6) is -0.214. The van der Waals surface area contributed by atoms with Crippen LogP contribution < -0.4 is 15.0 Å². The quantitative estimate of drug-likeness (QED) is 0.296. The predicted molar refractivity (Wildman–Crippen MR) is 165 cm³/mol. The van der Waals surface area contributed by atoms with E-state index in [0.717, 1.165) is 67.3 Å². The van der Waals surface area contributed by atoms with E-state index in [-0.39, 0.29) is 22.5 Å². The summed E-state index contributed by atoms with van der Waals surface area (Å²) < 4.78 is 37.6. The summed E-state index contributed by atoms with van der Waals surface area (Å²) in [5, 5.41) is 16.4. The van der Waals surface area contributed by atoms with E-state index >= 15 is 4.39 Å². The summed E-state index contributed by atoms with van der Waals surface area (Å²) in [6, 6.07) is 11.5. The molecule has 4 aromatic rings. The highest BCUT2D eigenvalue weighted by Gasteiger charge is 2.49. The molecular formula is C34H35F2N5O2. The molecule has 3 unspecified atom stereocenters. The van der Waals surface area contributed by atoms with Crippen LogP contribution in [0.25, 0.3) is 39.0 Å². The number of aromatic nitrogens is 2. The molecule has 4 fully saturated rings. The van der Waals surface area contributed by atoms with E-state index in [9.17, 15) is 9.50 Å². The maximum absolute atomic E-state index is 16.8. The van der Waals surface area contributed by atoms with Gasteiger partial charge in [-0.2, -0.15) is 0 Å². The van der Waals surface area contributed by atoms with Crippen LogP contribution in [0.5, 0.6) is 11.6 Å². The smallest absolute Gasteiger partial charge is 0.216 e. The molecule has 2 aromatic heterocycles. The van der Waals surface area contributed by atoms with Crippen LogP contribution in [0.2, 0.25) is 0 Å². The number of pyridine rings is 2. The van der Waals surface area contributed by atoms with Gasteiger partial charge in [-0.15, -0.1) is 0 Å². The first-order chi connectivity index (χ1) is 20.9. The Hall–Kier alpha value is -3.82. The summed E-state index contributed by atoms with van der Waals surface area (Å²) >= 11 is 0. The second kappa shape index (κ2) is 10.1. The van der Waals surface area contributed by atoms with Crippen molar-refractivity contribution in [2.75, 3.05) is 37.7 Å². The fourth-order valence-corrected chi connectivity index (χ4v) is 8.08. The maximum atomic E-state index is 16.8. The molecule has 4 aliphatic rings. The number of alkyl halides is 1. The van der Waals surface area contributed by atoms with Crippen molar-refractivity contribution in [2.24, 2.45) is 0 Å². The van der Waals surface area contributed by atoms with Gasteiger partial charge >= 0.3 is 0 Å². The fourth-order valence-electron chi connectivity index (χ4n) is 8.08. The Labute approximate surface area is 249 Å². The second-order valence-electron chi connectivity index (χ2n) is 12.7. The molecule has 2 N–H and O–H groups in total. The van der Waals surface area contributed by atoms with Crippen molar-refractivity contribution in [1.29, 1.82) is 0 Å². The van der Waals surface area contributed by atoms with Crippen LogP contribution in [0.4, 0.5) is 14.5 Å². The van der Waals surface area contributed by atoms with Crippen LogP contribution in [0.1, 0.15) is 37.7 Å². The van der Waals surface area contributed by atoms with Gasteiger partial charge in [-0.05, 0) is 60.7 Å². The molecule has 0 saturated carbocycles. The molecule has 6 heterocycles.